The molecule has 0 aliphatic rings. The fourth-order valence-corrected chi connectivity index (χ4v) is 4.16. The normalized spacial score (nSPS) is 11.1. The van der Waals surface area contributed by atoms with Crippen molar-refractivity contribution in [3.63, 3.8) is 0 Å². The van der Waals surface area contributed by atoms with Gasteiger partial charge in [-0.15, -0.1) is 0 Å². The quantitative estimate of drug-likeness (QED) is 0.298. The molecule has 0 atom stereocenters. The number of ether oxygens (including phenoxy) is 1. The number of carbonyl (C=O) groups excluding carboxylic acids is 1. The molecule has 4 N–H and O–H groups in total. The van der Waals surface area contributed by atoms with Crippen LogP contribution in [0.1, 0.15) is 16.8 Å². The van der Waals surface area contributed by atoms with Crippen molar-refractivity contribution in [3.05, 3.63) is 94.8 Å². The van der Waals surface area contributed by atoms with Gasteiger partial charge in [-0.05, 0) is 23.8 Å². The third-order valence-electron chi connectivity index (χ3n) is 6.03. The van der Waals surface area contributed by atoms with E-state index >= 15 is 0 Å². The van der Waals surface area contributed by atoms with E-state index in [0.717, 1.165) is 41.1 Å². The van der Waals surface area contributed by atoms with Crippen LogP contribution in [0.15, 0.2) is 54.7 Å². The van der Waals surface area contributed by atoms with Crippen molar-refractivity contribution in [2.75, 3.05) is 23.5 Å². The molecular formula is C26H20F4N8O2. The van der Waals surface area contributed by atoms with Crippen LogP contribution in [-0.4, -0.2) is 37.9 Å². The molecule has 0 aliphatic heterocycles. The highest BCUT2D eigenvalue weighted by Crippen LogP contribution is 2.32. The van der Waals surface area contributed by atoms with Gasteiger partial charge in [0.1, 0.15) is 34.5 Å². The van der Waals surface area contributed by atoms with Crippen molar-refractivity contribution in [2.24, 2.45) is 0 Å². The molecule has 3 heterocycles. The van der Waals surface area contributed by atoms with Crippen LogP contribution in [0.5, 0.6) is 0 Å². The highest BCUT2D eigenvalue weighted by molar-refractivity contribution is 5.95. The molecule has 1 amide bonds. The second-order valence-corrected chi connectivity index (χ2v) is 8.55. The van der Waals surface area contributed by atoms with Gasteiger partial charge in [-0.3, -0.25) is 4.90 Å². The van der Waals surface area contributed by atoms with Gasteiger partial charge in [0.2, 0.25) is 0 Å². The molecule has 0 fully saturated rings. The molecule has 5 aromatic rings. The van der Waals surface area contributed by atoms with Gasteiger partial charge in [0.25, 0.3) is 5.95 Å². The minimum absolute atomic E-state index is 0.0160. The standard InChI is InChI=1S/C26H20F4N8O2/c1-40-26(39)37(12-15-17(29)7-4-8-18(15)30)22-23(31)34-25(35-24(22)32)38-20-10-14(27)11-33-21(20)19(36-38)9-13-5-2-3-6-16(13)28/h2-8,10-11H,9,12H2,1H3,(H4,31,32,34,35). The molecule has 0 saturated heterocycles. The monoisotopic (exact) mass is 552 g/mol. The second-order valence-electron chi connectivity index (χ2n) is 8.55. The van der Waals surface area contributed by atoms with Gasteiger partial charge >= 0.3 is 6.09 Å². The van der Waals surface area contributed by atoms with Gasteiger partial charge in [0.05, 0.1) is 31.1 Å². The number of amides is 1. The summed E-state index contributed by atoms with van der Waals surface area (Å²) >= 11 is 0. The van der Waals surface area contributed by atoms with Crippen LogP contribution in [0.3, 0.4) is 0 Å². The van der Waals surface area contributed by atoms with E-state index in [1.807, 2.05) is 0 Å². The molecule has 0 bridgehead atoms. The summed E-state index contributed by atoms with van der Waals surface area (Å²) in [5.41, 5.74) is 12.6. The Labute approximate surface area is 223 Å². The van der Waals surface area contributed by atoms with E-state index < -0.39 is 41.5 Å². The first-order valence-electron chi connectivity index (χ1n) is 11.7. The molecule has 40 heavy (non-hydrogen) atoms. The maximum atomic E-state index is 14.4. The molecule has 0 aliphatic carbocycles. The summed E-state index contributed by atoms with van der Waals surface area (Å²) < 4.78 is 63.1. The Bertz CT molecular complexity index is 1720. The highest BCUT2D eigenvalue weighted by atomic mass is 19.1. The van der Waals surface area contributed by atoms with Gasteiger partial charge < -0.3 is 16.2 Å². The van der Waals surface area contributed by atoms with Crippen molar-refractivity contribution < 1.29 is 27.1 Å². The first-order valence-corrected chi connectivity index (χ1v) is 11.7. The van der Waals surface area contributed by atoms with Gasteiger partial charge in [0.15, 0.2) is 11.6 Å². The number of nitrogens with two attached hydrogens (primary N) is 2. The Morgan fingerprint density at radius 2 is 1.62 bits per heavy atom. The van der Waals surface area contributed by atoms with E-state index in [-0.39, 0.29) is 46.4 Å². The molecule has 0 unspecified atom stereocenters. The summed E-state index contributed by atoms with van der Waals surface area (Å²) in [4.78, 5) is 25.8. The molecule has 14 heteroatoms. The fourth-order valence-electron chi connectivity index (χ4n) is 4.16. The first kappa shape index (κ1) is 26.3. The number of rotatable bonds is 6. The number of benzene rings is 2. The zero-order chi connectivity index (χ0) is 28.6. The number of hydrogen-bond donors (Lipinski definition) is 2. The number of hydrogen-bond acceptors (Lipinski definition) is 8. The van der Waals surface area contributed by atoms with Crippen molar-refractivity contribution in [3.8, 4) is 5.95 Å². The lowest BCUT2D eigenvalue weighted by Crippen LogP contribution is -2.33. The molecular weight excluding hydrogens is 532 g/mol. The molecule has 3 aromatic heterocycles. The number of halogens is 4. The Morgan fingerprint density at radius 1 is 0.975 bits per heavy atom. The lowest BCUT2D eigenvalue weighted by molar-refractivity contribution is 0.178. The average molecular weight is 552 g/mol. The SMILES string of the molecule is COC(=O)N(Cc1c(F)cccc1F)c1c(N)nc(-n2nc(Cc3ccccc3F)c3ncc(F)cc32)nc1N. The average Bonchev–Trinajstić information content (AvgIpc) is 3.27. The molecule has 0 saturated carbocycles. The molecule has 204 valence electrons. The summed E-state index contributed by atoms with van der Waals surface area (Å²) in [5, 5.41) is 4.42. The van der Waals surface area contributed by atoms with E-state index in [1.54, 1.807) is 18.2 Å². The molecule has 0 radical (unpaired) electrons. The summed E-state index contributed by atoms with van der Waals surface area (Å²) in [5.74, 6) is -3.94. The lowest BCUT2D eigenvalue weighted by Gasteiger charge is -2.24. The Balaban J connectivity index is 1.61. The number of fused-ring (bicyclic) bond motifs is 1. The third kappa shape index (κ3) is 4.81. The number of nitrogens with zero attached hydrogens (tertiary/aromatic N) is 6. The Morgan fingerprint density at radius 3 is 2.27 bits per heavy atom. The molecule has 10 nitrogen and oxygen atoms in total. The van der Waals surface area contributed by atoms with Crippen LogP contribution in [0.2, 0.25) is 0 Å². The van der Waals surface area contributed by atoms with Crippen LogP contribution in [-0.2, 0) is 17.7 Å². The van der Waals surface area contributed by atoms with Crippen molar-refractivity contribution in [1.82, 2.24) is 24.7 Å². The highest BCUT2D eigenvalue weighted by Gasteiger charge is 2.28. The first-order chi connectivity index (χ1) is 19.2. The lowest BCUT2D eigenvalue weighted by atomic mass is 10.1. The summed E-state index contributed by atoms with van der Waals surface area (Å²) in [6, 6.07) is 10.4. The third-order valence-corrected chi connectivity index (χ3v) is 6.03. The molecule has 5 rings (SSSR count). The summed E-state index contributed by atoms with van der Waals surface area (Å²) in [7, 11) is 1.06. The zero-order valence-corrected chi connectivity index (χ0v) is 20.8. The van der Waals surface area contributed by atoms with Gasteiger partial charge in [-0.2, -0.15) is 19.7 Å². The van der Waals surface area contributed by atoms with Gasteiger partial charge in [0, 0.05) is 18.1 Å². The number of pyridine rings is 1. The number of carbonyl (C=O) groups is 1. The van der Waals surface area contributed by atoms with Crippen LogP contribution < -0.4 is 16.4 Å². The number of methoxy groups -OCH3 is 1. The predicted octanol–water partition coefficient (Wildman–Crippen LogP) is 4.30. The zero-order valence-electron chi connectivity index (χ0n) is 20.8. The topological polar surface area (TPSA) is 138 Å². The maximum Gasteiger partial charge on any atom is 0.414 e. The van der Waals surface area contributed by atoms with Gasteiger partial charge in [-0.1, -0.05) is 24.3 Å². The van der Waals surface area contributed by atoms with Gasteiger partial charge in [-0.25, -0.2) is 27.3 Å². The van der Waals surface area contributed by atoms with Crippen LogP contribution in [0, 0.1) is 23.3 Å². The number of aromatic nitrogens is 5. The maximum absolute atomic E-state index is 14.4. The van der Waals surface area contributed by atoms with Crippen molar-refractivity contribution >= 4 is 34.4 Å². The molecule has 0 spiro atoms. The van der Waals surface area contributed by atoms with E-state index in [9.17, 15) is 22.4 Å². The second kappa shape index (κ2) is 10.5. The number of nitrogen functional groups attached to an aromatic ring is 2. The van der Waals surface area contributed by atoms with E-state index in [2.05, 4.69) is 20.1 Å². The van der Waals surface area contributed by atoms with E-state index in [0.29, 0.717) is 5.56 Å². The summed E-state index contributed by atoms with van der Waals surface area (Å²) in [6.45, 7) is -0.644. The van der Waals surface area contributed by atoms with Crippen LogP contribution >= 0.6 is 0 Å². The van der Waals surface area contributed by atoms with E-state index in [1.165, 1.54) is 12.1 Å². The van der Waals surface area contributed by atoms with Crippen molar-refractivity contribution in [2.45, 2.75) is 13.0 Å². The Kier molecular flexibility index (Phi) is 6.90. The minimum Gasteiger partial charge on any atom is -0.452 e. The van der Waals surface area contributed by atoms with Crippen molar-refractivity contribution in [1.29, 1.82) is 0 Å². The number of anilines is 3. The minimum atomic E-state index is -1.04. The fraction of sp³-hybridized carbons (Fsp3) is 0.115. The van der Waals surface area contributed by atoms with Crippen LogP contribution in [0.4, 0.5) is 39.7 Å². The predicted molar refractivity (Wildman–Crippen MR) is 137 cm³/mol. The Hall–Kier alpha value is -5.27. The smallest absolute Gasteiger partial charge is 0.414 e. The van der Waals surface area contributed by atoms with Crippen LogP contribution in [0.25, 0.3) is 17.0 Å². The van der Waals surface area contributed by atoms with E-state index in [4.69, 9.17) is 16.2 Å². The largest absolute Gasteiger partial charge is 0.452 e. The summed E-state index contributed by atoms with van der Waals surface area (Å²) in [6.07, 6.45) is -0.0372. The molecule has 2 aromatic carbocycles.